The van der Waals surface area contributed by atoms with Crippen LogP contribution in [0.1, 0.15) is 34.8 Å². The third-order valence-electron chi connectivity index (χ3n) is 5.17. The summed E-state index contributed by atoms with van der Waals surface area (Å²) in [4.78, 5) is 19.5. The Morgan fingerprint density at radius 1 is 1.11 bits per heavy atom. The Balaban J connectivity index is 1.70. The molecule has 0 fully saturated rings. The molecule has 5 heteroatoms. The number of nitrogens with zero attached hydrogens (tertiary/aromatic N) is 2. The molecule has 0 N–H and O–H groups in total. The van der Waals surface area contributed by atoms with Gasteiger partial charge in [-0.3, -0.25) is 9.79 Å². The second-order valence-corrected chi connectivity index (χ2v) is 6.69. The Morgan fingerprint density at radius 3 is 2.48 bits per heavy atom. The monoisotopic (exact) mass is 362 g/mol. The average Bonchev–Trinajstić information content (AvgIpc) is 3.10. The zero-order valence-electron chi connectivity index (χ0n) is 15.7. The first-order valence-electron chi connectivity index (χ1n) is 9.07. The van der Waals surface area contributed by atoms with Crippen LogP contribution in [0.2, 0.25) is 0 Å². The smallest absolute Gasteiger partial charge is 0.260 e. The summed E-state index contributed by atoms with van der Waals surface area (Å²) in [5.74, 6) is 1.01. The molecule has 2 aromatic rings. The quantitative estimate of drug-likeness (QED) is 0.817. The van der Waals surface area contributed by atoms with Gasteiger partial charge in [0.15, 0.2) is 11.5 Å². The highest BCUT2D eigenvalue weighted by Gasteiger charge is 2.33. The standard InChI is InChI=1S/C22H22N2O3/c1-4-14-5-7-15(8-6-14)16-9-17-12-23-19-11-21(27-3)20(26-2)10-18(19)22(25)24(17)13-16/h5-8,10-13,17H,4,9H2,1-3H3/t17-/m0/s1. The molecule has 4 rings (SSSR count). The van der Waals surface area contributed by atoms with Gasteiger partial charge in [0.1, 0.15) is 0 Å². The van der Waals surface area contributed by atoms with E-state index in [0.717, 1.165) is 24.0 Å². The minimum Gasteiger partial charge on any atom is -0.493 e. The zero-order valence-corrected chi connectivity index (χ0v) is 15.7. The lowest BCUT2D eigenvalue weighted by Crippen LogP contribution is -2.32. The van der Waals surface area contributed by atoms with E-state index in [1.54, 1.807) is 31.3 Å². The maximum absolute atomic E-state index is 13.2. The van der Waals surface area contributed by atoms with Crippen LogP contribution in [0.5, 0.6) is 11.5 Å². The molecule has 1 amide bonds. The van der Waals surface area contributed by atoms with Gasteiger partial charge in [-0.05, 0) is 29.2 Å². The van der Waals surface area contributed by atoms with Gasteiger partial charge in [-0.25, -0.2) is 0 Å². The van der Waals surface area contributed by atoms with Gasteiger partial charge in [0, 0.05) is 24.9 Å². The Kier molecular flexibility index (Phi) is 4.44. The van der Waals surface area contributed by atoms with Crippen molar-refractivity contribution in [2.45, 2.75) is 25.8 Å². The minimum absolute atomic E-state index is 0.0753. The van der Waals surface area contributed by atoms with E-state index in [1.165, 1.54) is 5.56 Å². The van der Waals surface area contributed by atoms with Crippen molar-refractivity contribution < 1.29 is 14.3 Å². The van der Waals surface area contributed by atoms with Gasteiger partial charge in [-0.1, -0.05) is 31.2 Å². The van der Waals surface area contributed by atoms with Crippen LogP contribution in [0.4, 0.5) is 5.69 Å². The van der Waals surface area contributed by atoms with Crippen molar-refractivity contribution in [1.82, 2.24) is 4.90 Å². The number of ether oxygens (including phenoxy) is 2. The van der Waals surface area contributed by atoms with Crippen molar-refractivity contribution in [2.24, 2.45) is 4.99 Å². The van der Waals surface area contributed by atoms with Gasteiger partial charge in [-0.15, -0.1) is 0 Å². The molecule has 2 aliphatic heterocycles. The summed E-state index contributed by atoms with van der Waals surface area (Å²) >= 11 is 0. The van der Waals surface area contributed by atoms with Crippen molar-refractivity contribution in [1.29, 1.82) is 0 Å². The molecule has 0 radical (unpaired) electrons. The number of methoxy groups -OCH3 is 2. The fourth-order valence-corrected chi connectivity index (χ4v) is 3.57. The molecule has 2 aromatic carbocycles. The largest absolute Gasteiger partial charge is 0.493 e. The summed E-state index contributed by atoms with van der Waals surface area (Å²) in [6.45, 7) is 2.14. The molecule has 0 saturated heterocycles. The van der Waals surface area contributed by atoms with Gasteiger partial charge >= 0.3 is 0 Å². The molecule has 2 heterocycles. The number of aryl methyl sites for hydroxylation is 1. The number of rotatable bonds is 4. The van der Waals surface area contributed by atoms with Crippen LogP contribution in [-0.2, 0) is 6.42 Å². The van der Waals surface area contributed by atoms with E-state index in [0.29, 0.717) is 22.7 Å². The normalized spacial score (nSPS) is 17.9. The molecule has 0 bridgehead atoms. The maximum atomic E-state index is 13.2. The van der Waals surface area contributed by atoms with Crippen LogP contribution < -0.4 is 9.47 Å². The molecule has 0 spiro atoms. The second-order valence-electron chi connectivity index (χ2n) is 6.69. The van der Waals surface area contributed by atoms with E-state index >= 15 is 0 Å². The predicted molar refractivity (Wildman–Crippen MR) is 106 cm³/mol. The van der Waals surface area contributed by atoms with E-state index in [-0.39, 0.29) is 11.9 Å². The van der Waals surface area contributed by atoms with Crippen molar-refractivity contribution in [2.75, 3.05) is 14.2 Å². The van der Waals surface area contributed by atoms with E-state index in [4.69, 9.17) is 9.47 Å². The van der Waals surface area contributed by atoms with Gasteiger partial charge < -0.3 is 14.4 Å². The summed E-state index contributed by atoms with van der Waals surface area (Å²) in [5.41, 5.74) is 4.72. The van der Waals surface area contributed by atoms with Crippen LogP contribution in [0.15, 0.2) is 47.6 Å². The van der Waals surface area contributed by atoms with Gasteiger partial charge in [-0.2, -0.15) is 0 Å². The van der Waals surface area contributed by atoms with Gasteiger partial charge in [0.05, 0.1) is 31.5 Å². The summed E-state index contributed by atoms with van der Waals surface area (Å²) in [6, 6.07) is 11.9. The van der Waals surface area contributed by atoms with Crippen molar-refractivity contribution >= 4 is 23.4 Å². The summed E-state index contributed by atoms with van der Waals surface area (Å²) in [5, 5.41) is 0. The summed E-state index contributed by atoms with van der Waals surface area (Å²) in [7, 11) is 3.13. The van der Waals surface area contributed by atoms with E-state index in [2.05, 4.69) is 36.2 Å². The summed E-state index contributed by atoms with van der Waals surface area (Å²) in [6.07, 6.45) is 5.57. The number of carbonyl (C=O) groups excluding carboxylic acids is 1. The van der Waals surface area contributed by atoms with Crippen molar-refractivity contribution in [3.63, 3.8) is 0 Å². The second kappa shape index (κ2) is 6.91. The zero-order chi connectivity index (χ0) is 19.0. The van der Waals surface area contributed by atoms with Crippen LogP contribution in [0, 0.1) is 0 Å². The minimum atomic E-state index is -0.0808. The van der Waals surface area contributed by atoms with E-state index in [9.17, 15) is 4.79 Å². The number of carbonyl (C=O) groups is 1. The molecule has 1 atom stereocenters. The molecule has 0 aliphatic carbocycles. The first-order chi connectivity index (χ1) is 13.1. The molecular formula is C22H22N2O3. The highest BCUT2D eigenvalue weighted by molar-refractivity contribution is 6.05. The highest BCUT2D eigenvalue weighted by atomic mass is 16.5. The van der Waals surface area contributed by atoms with Gasteiger partial charge in [0.25, 0.3) is 5.91 Å². The van der Waals surface area contributed by atoms with Crippen LogP contribution in [-0.4, -0.2) is 37.3 Å². The Morgan fingerprint density at radius 2 is 1.81 bits per heavy atom. The van der Waals surface area contributed by atoms with Gasteiger partial charge in [0.2, 0.25) is 0 Å². The lowest BCUT2D eigenvalue weighted by atomic mass is 10.0. The van der Waals surface area contributed by atoms with Crippen LogP contribution >= 0.6 is 0 Å². The number of hydrogen-bond donors (Lipinski definition) is 0. The van der Waals surface area contributed by atoms with Crippen LogP contribution in [0.25, 0.3) is 5.57 Å². The number of amides is 1. The first kappa shape index (κ1) is 17.3. The third-order valence-corrected chi connectivity index (χ3v) is 5.17. The highest BCUT2D eigenvalue weighted by Crippen LogP contribution is 2.39. The summed E-state index contributed by atoms with van der Waals surface area (Å²) < 4.78 is 10.7. The Hall–Kier alpha value is -3.08. The molecular weight excluding hydrogens is 340 g/mol. The molecule has 0 aromatic heterocycles. The van der Waals surface area contributed by atoms with E-state index in [1.807, 2.05) is 12.4 Å². The number of hydrogen-bond acceptors (Lipinski definition) is 4. The Bertz CT molecular complexity index is 945. The number of fused-ring (bicyclic) bond motifs is 2. The molecule has 138 valence electrons. The first-order valence-corrected chi connectivity index (χ1v) is 9.07. The molecule has 5 nitrogen and oxygen atoms in total. The average molecular weight is 362 g/mol. The topological polar surface area (TPSA) is 51.1 Å². The predicted octanol–water partition coefficient (Wildman–Crippen LogP) is 4.24. The fourth-order valence-electron chi connectivity index (χ4n) is 3.57. The number of aliphatic imine (C=N–C) groups is 1. The third kappa shape index (κ3) is 2.99. The van der Waals surface area contributed by atoms with E-state index < -0.39 is 0 Å². The molecule has 2 aliphatic rings. The lowest BCUT2D eigenvalue weighted by Gasteiger charge is -2.18. The molecule has 0 saturated carbocycles. The SMILES string of the molecule is CCc1ccc(C2=CN3C(=O)c4cc(OC)c(OC)cc4N=C[C@@H]3C2)cc1. The Labute approximate surface area is 158 Å². The maximum Gasteiger partial charge on any atom is 0.260 e. The lowest BCUT2D eigenvalue weighted by molar-refractivity contribution is 0.0817. The fraction of sp³-hybridized carbons (Fsp3) is 0.273. The van der Waals surface area contributed by atoms with Crippen molar-refractivity contribution in [3.05, 3.63) is 59.3 Å². The number of benzene rings is 2. The van der Waals surface area contributed by atoms with Crippen LogP contribution in [0.3, 0.4) is 0 Å². The molecule has 27 heavy (non-hydrogen) atoms. The molecule has 0 unspecified atom stereocenters. The van der Waals surface area contributed by atoms with Crippen molar-refractivity contribution in [3.8, 4) is 11.5 Å².